The summed E-state index contributed by atoms with van der Waals surface area (Å²) in [4.78, 5) is 10.4. The van der Waals surface area contributed by atoms with Gasteiger partial charge >= 0.3 is 0 Å². The van der Waals surface area contributed by atoms with E-state index in [1.54, 1.807) is 6.07 Å². The largest absolute Gasteiger partial charge is 0.298 e. The first-order chi connectivity index (χ1) is 6.72. The van der Waals surface area contributed by atoms with Crippen molar-refractivity contribution in [1.29, 1.82) is 0 Å². The van der Waals surface area contributed by atoms with E-state index in [1.807, 2.05) is 0 Å². The lowest BCUT2D eigenvalue weighted by Crippen LogP contribution is -1.89. The van der Waals surface area contributed by atoms with Crippen LogP contribution in [0.15, 0.2) is 30.3 Å². The maximum absolute atomic E-state index is 13.1. The molecule has 0 spiro atoms. The first-order valence-corrected chi connectivity index (χ1v) is 4.05. The van der Waals surface area contributed by atoms with Crippen molar-refractivity contribution in [3.63, 3.8) is 0 Å². The van der Waals surface area contributed by atoms with Crippen molar-refractivity contribution in [3.05, 3.63) is 47.5 Å². The molecule has 0 saturated heterocycles. The summed E-state index contributed by atoms with van der Waals surface area (Å²) in [6.45, 7) is 0. The van der Waals surface area contributed by atoms with Gasteiger partial charge in [0.15, 0.2) is 6.29 Å². The van der Waals surface area contributed by atoms with Gasteiger partial charge in [0, 0.05) is 5.39 Å². The van der Waals surface area contributed by atoms with Gasteiger partial charge in [-0.05, 0) is 23.6 Å². The Bertz CT molecular complexity index is 506. The van der Waals surface area contributed by atoms with Crippen molar-refractivity contribution in [2.75, 3.05) is 0 Å². The maximum Gasteiger partial charge on any atom is 0.153 e. The van der Waals surface area contributed by atoms with Crippen LogP contribution in [0.25, 0.3) is 10.8 Å². The van der Waals surface area contributed by atoms with E-state index >= 15 is 0 Å². The van der Waals surface area contributed by atoms with Gasteiger partial charge in [-0.15, -0.1) is 0 Å². The molecule has 70 valence electrons. The molecular formula is C11H6F2O. The van der Waals surface area contributed by atoms with Crippen LogP contribution < -0.4 is 0 Å². The van der Waals surface area contributed by atoms with E-state index in [0.29, 0.717) is 11.7 Å². The van der Waals surface area contributed by atoms with Crippen molar-refractivity contribution in [1.82, 2.24) is 0 Å². The van der Waals surface area contributed by atoms with E-state index in [0.717, 1.165) is 6.07 Å². The zero-order valence-corrected chi connectivity index (χ0v) is 7.13. The third-order valence-corrected chi connectivity index (χ3v) is 2.07. The zero-order chi connectivity index (χ0) is 10.1. The zero-order valence-electron chi connectivity index (χ0n) is 7.13. The molecule has 0 bridgehead atoms. The second-order valence-electron chi connectivity index (χ2n) is 2.95. The van der Waals surface area contributed by atoms with Crippen LogP contribution >= 0.6 is 0 Å². The highest BCUT2D eigenvalue weighted by Gasteiger charge is 2.06. The molecule has 0 amide bonds. The van der Waals surface area contributed by atoms with Gasteiger partial charge in [-0.3, -0.25) is 4.79 Å². The molecule has 0 aromatic heterocycles. The minimum absolute atomic E-state index is 0.0527. The van der Waals surface area contributed by atoms with Crippen LogP contribution in [-0.2, 0) is 0 Å². The topological polar surface area (TPSA) is 17.1 Å². The molecule has 0 saturated carbocycles. The van der Waals surface area contributed by atoms with Gasteiger partial charge in [-0.25, -0.2) is 8.78 Å². The number of carbonyl (C=O) groups excluding carboxylic acids is 1. The number of aldehydes is 1. The summed E-state index contributed by atoms with van der Waals surface area (Å²) in [6, 6.07) is 6.77. The summed E-state index contributed by atoms with van der Waals surface area (Å²) in [5, 5.41) is 0.712. The average molecular weight is 192 g/mol. The van der Waals surface area contributed by atoms with Crippen LogP contribution in [0.1, 0.15) is 10.4 Å². The fourth-order valence-electron chi connectivity index (χ4n) is 1.37. The Kier molecular flexibility index (Phi) is 2.00. The average Bonchev–Trinajstić information content (AvgIpc) is 2.19. The van der Waals surface area contributed by atoms with Crippen molar-refractivity contribution in [2.45, 2.75) is 0 Å². The Morgan fingerprint density at radius 1 is 1.07 bits per heavy atom. The number of carbonyl (C=O) groups is 1. The van der Waals surface area contributed by atoms with Crippen LogP contribution in [-0.4, -0.2) is 6.29 Å². The minimum Gasteiger partial charge on any atom is -0.298 e. The number of fused-ring (bicyclic) bond motifs is 1. The molecule has 0 aliphatic carbocycles. The Morgan fingerprint density at radius 3 is 2.57 bits per heavy atom. The van der Waals surface area contributed by atoms with E-state index in [1.165, 1.54) is 18.2 Å². The predicted molar refractivity (Wildman–Crippen MR) is 49.3 cm³/mol. The summed E-state index contributed by atoms with van der Waals surface area (Å²) >= 11 is 0. The number of hydrogen-bond acceptors (Lipinski definition) is 1. The predicted octanol–water partition coefficient (Wildman–Crippen LogP) is 2.93. The van der Waals surface area contributed by atoms with E-state index in [-0.39, 0.29) is 10.9 Å². The molecule has 2 aromatic carbocycles. The van der Waals surface area contributed by atoms with Crippen molar-refractivity contribution >= 4 is 17.1 Å². The molecule has 0 atom stereocenters. The van der Waals surface area contributed by atoms with Crippen molar-refractivity contribution in [2.24, 2.45) is 0 Å². The van der Waals surface area contributed by atoms with Gasteiger partial charge in [-0.1, -0.05) is 12.1 Å². The van der Waals surface area contributed by atoms with Gasteiger partial charge in [-0.2, -0.15) is 0 Å². The molecule has 2 aromatic rings. The standard InChI is InChI=1S/C11H6F2O/c12-10-3-1-2-7-4-8(6-14)11(13)5-9(7)10/h1-6H. The number of halogens is 2. The Hall–Kier alpha value is -1.77. The number of rotatable bonds is 1. The normalized spacial score (nSPS) is 10.4. The Labute approximate surface area is 79.0 Å². The summed E-state index contributed by atoms with van der Waals surface area (Å²) in [5.41, 5.74) is -0.0527. The smallest absolute Gasteiger partial charge is 0.153 e. The lowest BCUT2D eigenvalue weighted by atomic mass is 10.1. The molecule has 0 fully saturated rings. The molecule has 14 heavy (non-hydrogen) atoms. The summed E-state index contributed by atoms with van der Waals surface area (Å²) < 4.78 is 26.2. The Morgan fingerprint density at radius 2 is 1.86 bits per heavy atom. The van der Waals surface area contributed by atoms with Crippen molar-refractivity contribution < 1.29 is 13.6 Å². The van der Waals surface area contributed by atoms with Gasteiger partial charge in [0.1, 0.15) is 11.6 Å². The maximum atomic E-state index is 13.1. The molecule has 0 heterocycles. The van der Waals surface area contributed by atoms with Gasteiger partial charge < -0.3 is 0 Å². The quantitative estimate of drug-likeness (QED) is 0.635. The fraction of sp³-hybridized carbons (Fsp3) is 0. The molecule has 0 N–H and O–H groups in total. The molecule has 0 radical (unpaired) electrons. The molecule has 3 heteroatoms. The van der Waals surface area contributed by atoms with E-state index in [9.17, 15) is 13.6 Å². The first kappa shape index (κ1) is 8.81. The van der Waals surface area contributed by atoms with Crippen LogP contribution in [0.4, 0.5) is 8.78 Å². The van der Waals surface area contributed by atoms with E-state index < -0.39 is 11.6 Å². The van der Waals surface area contributed by atoms with E-state index in [2.05, 4.69) is 0 Å². The lowest BCUT2D eigenvalue weighted by molar-refractivity contribution is 0.112. The van der Waals surface area contributed by atoms with E-state index in [4.69, 9.17) is 0 Å². The third-order valence-electron chi connectivity index (χ3n) is 2.07. The fourth-order valence-corrected chi connectivity index (χ4v) is 1.37. The molecular weight excluding hydrogens is 186 g/mol. The number of benzene rings is 2. The second-order valence-corrected chi connectivity index (χ2v) is 2.95. The van der Waals surface area contributed by atoms with Gasteiger partial charge in [0.25, 0.3) is 0 Å². The van der Waals surface area contributed by atoms with Crippen LogP contribution in [0.2, 0.25) is 0 Å². The van der Waals surface area contributed by atoms with Crippen LogP contribution in [0, 0.1) is 11.6 Å². The lowest BCUT2D eigenvalue weighted by Gasteiger charge is -2.01. The highest BCUT2D eigenvalue weighted by atomic mass is 19.1. The van der Waals surface area contributed by atoms with Crippen LogP contribution in [0.5, 0.6) is 0 Å². The van der Waals surface area contributed by atoms with Crippen molar-refractivity contribution in [3.8, 4) is 0 Å². The highest BCUT2D eigenvalue weighted by molar-refractivity contribution is 5.89. The second kappa shape index (κ2) is 3.18. The van der Waals surface area contributed by atoms with Crippen LogP contribution in [0.3, 0.4) is 0 Å². The molecule has 0 aliphatic rings. The third kappa shape index (κ3) is 1.27. The Balaban J connectivity index is 2.85. The highest BCUT2D eigenvalue weighted by Crippen LogP contribution is 2.20. The number of hydrogen-bond donors (Lipinski definition) is 0. The molecule has 0 unspecified atom stereocenters. The minimum atomic E-state index is -0.697. The summed E-state index contributed by atoms with van der Waals surface area (Å²) in [6.07, 6.45) is 0.416. The monoisotopic (exact) mass is 192 g/mol. The summed E-state index contributed by atoms with van der Waals surface area (Å²) in [7, 11) is 0. The first-order valence-electron chi connectivity index (χ1n) is 4.05. The molecule has 1 nitrogen and oxygen atoms in total. The molecule has 0 aliphatic heterocycles. The van der Waals surface area contributed by atoms with Gasteiger partial charge in [0.05, 0.1) is 5.56 Å². The molecule has 2 rings (SSSR count). The van der Waals surface area contributed by atoms with Gasteiger partial charge in [0.2, 0.25) is 0 Å². The SMILES string of the molecule is O=Cc1cc2cccc(F)c2cc1F. The summed E-state index contributed by atoms with van der Waals surface area (Å²) in [5.74, 6) is -1.18.